The van der Waals surface area contributed by atoms with E-state index < -0.39 is 15.4 Å². The minimum Gasteiger partial charge on any atom is -0.267 e. The Bertz CT molecular complexity index is 1040. The molecule has 7 heteroatoms. The van der Waals surface area contributed by atoms with Crippen LogP contribution < -0.4 is 4.72 Å². The Hall–Kier alpha value is -2.51. The highest BCUT2D eigenvalue weighted by Crippen LogP contribution is 2.28. The van der Waals surface area contributed by atoms with Crippen LogP contribution in [0.25, 0.3) is 0 Å². The highest BCUT2D eigenvalue weighted by molar-refractivity contribution is 7.89. The monoisotopic (exact) mass is 401 g/mol. The molecule has 0 unspecified atom stereocenters. The predicted octanol–water partition coefficient (Wildman–Crippen LogP) is 3.85. The van der Waals surface area contributed by atoms with E-state index in [1.54, 1.807) is 23.0 Å². The first-order valence-corrected chi connectivity index (χ1v) is 10.5. The standard InChI is InChI=1S/C21H24FN3O2S/c1-21(2,3)20-19(15-25(24-20)14-17-7-5-4-6-8-17)28(26,27)23-13-16-9-11-18(22)12-10-16/h4-12,15,23H,13-14H2,1-3H3. The van der Waals surface area contributed by atoms with Gasteiger partial charge in [-0.1, -0.05) is 63.2 Å². The smallest absolute Gasteiger partial charge is 0.244 e. The molecule has 1 aromatic heterocycles. The summed E-state index contributed by atoms with van der Waals surface area (Å²) in [6, 6.07) is 15.5. The van der Waals surface area contributed by atoms with Crippen LogP contribution in [0.3, 0.4) is 0 Å². The summed E-state index contributed by atoms with van der Waals surface area (Å²) in [7, 11) is -3.78. The number of nitrogens with one attached hydrogen (secondary N) is 1. The maximum Gasteiger partial charge on any atom is 0.244 e. The van der Waals surface area contributed by atoms with Crippen molar-refractivity contribution in [1.29, 1.82) is 0 Å². The summed E-state index contributed by atoms with van der Waals surface area (Å²) in [4.78, 5) is 0.165. The molecule has 0 saturated carbocycles. The topological polar surface area (TPSA) is 64.0 Å². The molecule has 2 aromatic carbocycles. The molecular weight excluding hydrogens is 377 g/mol. The number of aromatic nitrogens is 2. The van der Waals surface area contributed by atoms with E-state index in [0.717, 1.165) is 5.56 Å². The molecule has 0 saturated heterocycles. The molecule has 3 aromatic rings. The first-order valence-electron chi connectivity index (χ1n) is 9.01. The number of hydrogen-bond acceptors (Lipinski definition) is 3. The van der Waals surface area contributed by atoms with Gasteiger partial charge >= 0.3 is 0 Å². The molecular formula is C21H24FN3O2S. The van der Waals surface area contributed by atoms with E-state index in [1.165, 1.54) is 12.1 Å². The van der Waals surface area contributed by atoms with Crippen LogP contribution in [0, 0.1) is 5.82 Å². The fourth-order valence-electron chi connectivity index (χ4n) is 2.83. The van der Waals surface area contributed by atoms with Crippen LogP contribution in [0.5, 0.6) is 0 Å². The van der Waals surface area contributed by atoms with Crippen LogP contribution in [-0.2, 0) is 28.5 Å². The number of halogens is 1. The Morgan fingerprint density at radius 1 is 1.00 bits per heavy atom. The van der Waals surface area contributed by atoms with Crippen molar-refractivity contribution in [3.63, 3.8) is 0 Å². The molecule has 0 amide bonds. The molecule has 0 aliphatic heterocycles. The molecule has 0 atom stereocenters. The SMILES string of the molecule is CC(C)(C)c1nn(Cc2ccccc2)cc1S(=O)(=O)NCc1ccc(F)cc1. The summed E-state index contributed by atoms with van der Waals surface area (Å²) in [5.74, 6) is -0.358. The van der Waals surface area contributed by atoms with Crippen LogP contribution in [0.2, 0.25) is 0 Å². The molecule has 0 fully saturated rings. The Balaban J connectivity index is 1.88. The molecule has 1 N–H and O–H groups in total. The van der Waals surface area contributed by atoms with Gasteiger partial charge in [-0.25, -0.2) is 17.5 Å². The average Bonchev–Trinajstić information content (AvgIpc) is 3.07. The lowest BCUT2D eigenvalue weighted by Crippen LogP contribution is -2.26. The van der Waals surface area contributed by atoms with Crippen molar-refractivity contribution >= 4 is 10.0 Å². The van der Waals surface area contributed by atoms with Crippen molar-refractivity contribution in [2.75, 3.05) is 0 Å². The second-order valence-electron chi connectivity index (χ2n) is 7.73. The van der Waals surface area contributed by atoms with Crippen LogP contribution in [0.4, 0.5) is 4.39 Å². The van der Waals surface area contributed by atoms with E-state index >= 15 is 0 Å². The van der Waals surface area contributed by atoms with Crippen LogP contribution in [-0.4, -0.2) is 18.2 Å². The zero-order valence-electron chi connectivity index (χ0n) is 16.2. The first-order chi connectivity index (χ1) is 13.1. The Morgan fingerprint density at radius 2 is 1.64 bits per heavy atom. The number of rotatable bonds is 6. The van der Waals surface area contributed by atoms with Gasteiger partial charge in [0.15, 0.2) is 0 Å². The summed E-state index contributed by atoms with van der Waals surface area (Å²) in [5, 5.41) is 4.56. The number of sulfonamides is 1. The molecule has 0 spiro atoms. The van der Waals surface area contributed by atoms with E-state index in [2.05, 4.69) is 9.82 Å². The molecule has 1 heterocycles. The largest absolute Gasteiger partial charge is 0.267 e. The van der Waals surface area contributed by atoms with E-state index in [0.29, 0.717) is 17.8 Å². The van der Waals surface area contributed by atoms with Gasteiger partial charge < -0.3 is 0 Å². The maximum absolute atomic E-state index is 13.0. The lowest BCUT2D eigenvalue weighted by atomic mass is 9.92. The van der Waals surface area contributed by atoms with Gasteiger partial charge in [0, 0.05) is 18.2 Å². The van der Waals surface area contributed by atoms with Gasteiger partial charge in [0.25, 0.3) is 0 Å². The van der Waals surface area contributed by atoms with Gasteiger partial charge in [-0.2, -0.15) is 5.10 Å². The van der Waals surface area contributed by atoms with E-state index in [9.17, 15) is 12.8 Å². The molecule has 3 rings (SSSR count). The highest BCUT2D eigenvalue weighted by atomic mass is 32.2. The third kappa shape index (κ3) is 4.85. The minimum absolute atomic E-state index is 0.0794. The molecule has 0 bridgehead atoms. The van der Waals surface area contributed by atoms with Gasteiger partial charge in [-0.15, -0.1) is 0 Å². The Labute approximate surface area is 165 Å². The summed E-state index contributed by atoms with van der Waals surface area (Å²) in [5.41, 5.74) is 1.78. The van der Waals surface area contributed by atoms with Crippen LogP contribution >= 0.6 is 0 Å². The van der Waals surface area contributed by atoms with Crippen molar-refractivity contribution < 1.29 is 12.8 Å². The van der Waals surface area contributed by atoms with Crippen LogP contribution in [0.1, 0.15) is 37.6 Å². The molecule has 0 aliphatic carbocycles. The van der Waals surface area contributed by atoms with Crippen molar-refractivity contribution in [2.45, 2.75) is 44.2 Å². The van der Waals surface area contributed by atoms with Gasteiger partial charge in [0.2, 0.25) is 10.0 Å². The van der Waals surface area contributed by atoms with Crippen molar-refractivity contribution in [3.8, 4) is 0 Å². The van der Waals surface area contributed by atoms with Crippen molar-refractivity contribution in [1.82, 2.24) is 14.5 Å². The van der Waals surface area contributed by atoms with Crippen molar-refractivity contribution in [2.24, 2.45) is 0 Å². The second kappa shape index (κ2) is 7.85. The quantitative estimate of drug-likeness (QED) is 0.682. The summed E-state index contributed by atoms with van der Waals surface area (Å²) >= 11 is 0. The summed E-state index contributed by atoms with van der Waals surface area (Å²) in [6.45, 7) is 6.36. The molecule has 5 nitrogen and oxygen atoms in total. The number of benzene rings is 2. The van der Waals surface area contributed by atoms with Gasteiger partial charge in [-0.3, -0.25) is 4.68 Å². The predicted molar refractivity (Wildman–Crippen MR) is 107 cm³/mol. The normalized spacial score (nSPS) is 12.3. The third-order valence-electron chi connectivity index (χ3n) is 4.30. The number of hydrogen-bond donors (Lipinski definition) is 1. The van der Waals surface area contributed by atoms with Gasteiger partial charge in [-0.05, 0) is 23.3 Å². The molecule has 0 aliphatic rings. The third-order valence-corrected chi connectivity index (χ3v) is 5.70. The van der Waals surface area contributed by atoms with E-state index in [-0.39, 0.29) is 17.3 Å². The zero-order chi connectivity index (χ0) is 20.4. The summed E-state index contributed by atoms with van der Waals surface area (Å²) in [6.07, 6.45) is 1.57. The van der Waals surface area contributed by atoms with E-state index in [1.807, 2.05) is 51.1 Å². The maximum atomic E-state index is 13.0. The van der Waals surface area contributed by atoms with E-state index in [4.69, 9.17) is 0 Å². The molecule has 148 valence electrons. The lowest BCUT2D eigenvalue weighted by molar-refractivity contribution is 0.531. The Kier molecular flexibility index (Phi) is 5.67. The fourth-order valence-corrected chi connectivity index (χ4v) is 4.20. The lowest BCUT2D eigenvalue weighted by Gasteiger charge is -2.17. The fraction of sp³-hybridized carbons (Fsp3) is 0.286. The minimum atomic E-state index is -3.78. The first kappa shape index (κ1) is 20.2. The van der Waals surface area contributed by atoms with Crippen LogP contribution in [0.15, 0.2) is 65.7 Å². The Morgan fingerprint density at radius 3 is 2.25 bits per heavy atom. The van der Waals surface area contributed by atoms with Gasteiger partial charge in [0.1, 0.15) is 10.7 Å². The average molecular weight is 402 g/mol. The zero-order valence-corrected chi connectivity index (χ0v) is 17.0. The van der Waals surface area contributed by atoms with Crippen molar-refractivity contribution in [3.05, 3.63) is 83.4 Å². The summed E-state index contributed by atoms with van der Waals surface area (Å²) < 4.78 is 43.2. The number of nitrogens with zero attached hydrogens (tertiary/aromatic N) is 2. The second-order valence-corrected chi connectivity index (χ2v) is 9.46. The molecule has 0 radical (unpaired) electrons. The molecule has 28 heavy (non-hydrogen) atoms. The van der Waals surface area contributed by atoms with Gasteiger partial charge in [0.05, 0.1) is 12.2 Å². The highest BCUT2D eigenvalue weighted by Gasteiger charge is 2.29.